The van der Waals surface area contributed by atoms with E-state index in [4.69, 9.17) is 4.74 Å². The molecule has 3 heteroatoms. The van der Waals surface area contributed by atoms with Crippen LogP contribution in [0.5, 0.6) is 0 Å². The quantitative estimate of drug-likeness (QED) is 0.310. The first-order valence-corrected chi connectivity index (χ1v) is 4.27. The average Bonchev–Trinajstić information content (AvgIpc) is 2.06. The van der Waals surface area contributed by atoms with Crippen LogP contribution in [-0.4, -0.2) is 12.6 Å². The lowest BCUT2D eigenvalue weighted by atomic mass is 10.4. The summed E-state index contributed by atoms with van der Waals surface area (Å²) in [4.78, 5) is 10.8. The van der Waals surface area contributed by atoms with Crippen molar-refractivity contribution in [1.29, 1.82) is 0 Å². The Morgan fingerprint density at radius 2 is 2.08 bits per heavy atom. The van der Waals surface area contributed by atoms with Crippen molar-refractivity contribution in [2.24, 2.45) is 0 Å². The summed E-state index contributed by atoms with van der Waals surface area (Å²) in [5, 5.41) is 0. The molecule has 0 heterocycles. The monoisotopic (exact) mass is 185 g/mol. The maximum Gasteiger partial charge on any atom is 0.330 e. The van der Waals surface area contributed by atoms with Gasteiger partial charge in [0.05, 0.1) is 6.61 Å². The molecule has 0 unspecified atom stereocenters. The van der Waals surface area contributed by atoms with Gasteiger partial charge in [0, 0.05) is 6.08 Å². The zero-order chi connectivity index (χ0) is 9.23. The van der Waals surface area contributed by atoms with E-state index in [0.29, 0.717) is 6.61 Å². The van der Waals surface area contributed by atoms with Gasteiger partial charge in [0.1, 0.15) is 0 Å². The predicted octanol–water partition coefficient (Wildman–Crippen LogP) is 2.62. The van der Waals surface area contributed by atoms with Crippen molar-refractivity contribution in [1.82, 2.24) is 6.15 Å². The van der Waals surface area contributed by atoms with Gasteiger partial charge in [-0.1, -0.05) is 31.6 Å². The molecular weight excluding hydrogens is 166 g/mol. The molecule has 3 nitrogen and oxygen atoms in total. The van der Waals surface area contributed by atoms with Crippen molar-refractivity contribution in [3.05, 3.63) is 24.3 Å². The van der Waals surface area contributed by atoms with Gasteiger partial charge in [-0.05, 0) is 13.3 Å². The van der Waals surface area contributed by atoms with Crippen molar-refractivity contribution in [3.63, 3.8) is 0 Å². The second-order valence-corrected chi connectivity index (χ2v) is 2.41. The van der Waals surface area contributed by atoms with Crippen LogP contribution in [0.15, 0.2) is 24.3 Å². The molecule has 13 heavy (non-hydrogen) atoms. The van der Waals surface area contributed by atoms with Crippen LogP contribution in [-0.2, 0) is 9.53 Å². The van der Waals surface area contributed by atoms with Crippen molar-refractivity contribution in [3.8, 4) is 0 Å². The summed E-state index contributed by atoms with van der Waals surface area (Å²) in [6.07, 6.45) is 8.73. The minimum absolute atomic E-state index is 0. The SMILES string of the molecule is C/C=C/C=C/C(=O)OCCCC.N. The van der Waals surface area contributed by atoms with Gasteiger partial charge in [-0.3, -0.25) is 0 Å². The third-order valence-corrected chi connectivity index (χ3v) is 1.28. The van der Waals surface area contributed by atoms with Gasteiger partial charge >= 0.3 is 5.97 Å². The van der Waals surface area contributed by atoms with E-state index in [0.717, 1.165) is 12.8 Å². The maximum atomic E-state index is 10.8. The van der Waals surface area contributed by atoms with Gasteiger partial charge in [0.15, 0.2) is 0 Å². The van der Waals surface area contributed by atoms with Crippen LogP contribution < -0.4 is 6.15 Å². The molecule has 0 spiro atoms. The third kappa shape index (κ3) is 10.9. The molecule has 0 bridgehead atoms. The standard InChI is InChI=1S/C10H16O2.H3N/c1-3-5-7-8-10(11)12-9-6-4-2;/h3,5,7-8H,4,6,9H2,1-2H3;1H3/b5-3+,8-7+;. The number of allylic oxidation sites excluding steroid dienone is 3. The minimum Gasteiger partial charge on any atom is -0.463 e. The summed E-state index contributed by atoms with van der Waals surface area (Å²) >= 11 is 0. The first-order chi connectivity index (χ1) is 5.81. The molecule has 0 fully saturated rings. The van der Waals surface area contributed by atoms with E-state index in [9.17, 15) is 4.79 Å². The first kappa shape index (κ1) is 14.4. The highest BCUT2D eigenvalue weighted by atomic mass is 16.5. The van der Waals surface area contributed by atoms with Gasteiger partial charge in [0.25, 0.3) is 0 Å². The Morgan fingerprint density at radius 3 is 2.62 bits per heavy atom. The Bertz CT molecular complexity index is 174. The first-order valence-electron chi connectivity index (χ1n) is 4.27. The summed E-state index contributed by atoms with van der Waals surface area (Å²) in [6, 6.07) is 0. The third-order valence-electron chi connectivity index (χ3n) is 1.28. The Kier molecular flexibility index (Phi) is 12.1. The lowest BCUT2D eigenvalue weighted by Gasteiger charge is -1.97. The molecule has 0 aromatic rings. The summed E-state index contributed by atoms with van der Waals surface area (Å²) < 4.78 is 4.87. The number of carbonyl (C=O) groups is 1. The topological polar surface area (TPSA) is 61.3 Å². The van der Waals surface area contributed by atoms with E-state index in [1.165, 1.54) is 6.08 Å². The highest BCUT2D eigenvalue weighted by molar-refractivity contribution is 5.82. The molecule has 0 aliphatic heterocycles. The fraction of sp³-hybridized carbons (Fsp3) is 0.500. The van der Waals surface area contributed by atoms with Gasteiger partial charge in [-0.15, -0.1) is 0 Å². The number of hydrogen-bond donors (Lipinski definition) is 1. The number of carbonyl (C=O) groups excluding carboxylic acids is 1. The number of rotatable bonds is 5. The molecule has 0 saturated heterocycles. The summed E-state index contributed by atoms with van der Waals surface area (Å²) in [6.45, 7) is 4.48. The molecule has 3 N–H and O–H groups in total. The summed E-state index contributed by atoms with van der Waals surface area (Å²) in [5.41, 5.74) is 0. The Balaban J connectivity index is 0. The smallest absolute Gasteiger partial charge is 0.330 e. The van der Waals surface area contributed by atoms with E-state index in [1.807, 2.05) is 13.0 Å². The van der Waals surface area contributed by atoms with Gasteiger partial charge in [0.2, 0.25) is 0 Å². The molecule has 0 amide bonds. The molecular formula is C10H19NO2. The van der Waals surface area contributed by atoms with E-state index >= 15 is 0 Å². The Hall–Kier alpha value is -1.09. The van der Waals surface area contributed by atoms with Crippen molar-refractivity contribution in [2.45, 2.75) is 26.7 Å². The van der Waals surface area contributed by atoms with Crippen molar-refractivity contribution >= 4 is 5.97 Å². The van der Waals surface area contributed by atoms with Crippen LogP contribution in [0.3, 0.4) is 0 Å². The molecule has 0 aromatic heterocycles. The van der Waals surface area contributed by atoms with E-state index in [-0.39, 0.29) is 12.1 Å². The van der Waals surface area contributed by atoms with E-state index in [1.54, 1.807) is 12.2 Å². The van der Waals surface area contributed by atoms with Crippen LogP contribution in [0.1, 0.15) is 26.7 Å². The summed E-state index contributed by atoms with van der Waals surface area (Å²) in [5.74, 6) is -0.262. The largest absolute Gasteiger partial charge is 0.463 e. The zero-order valence-electron chi connectivity index (χ0n) is 8.45. The number of ether oxygens (including phenoxy) is 1. The average molecular weight is 185 g/mol. The Morgan fingerprint density at radius 1 is 1.38 bits per heavy atom. The maximum absolute atomic E-state index is 10.8. The van der Waals surface area contributed by atoms with Crippen molar-refractivity contribution in [2.75, 3.05) is 6.61 Å². The van der Waals surface area contributed by atoms with Gasteiger partial charge in [-0.2, -0.15) is 0 Å². The van der Waals surface area contributed by atoms with Crippen LogP contribution >= 0.6 is 0 Å². The second kappa shape index (κ2) is 10.9. The second-order valence-electron chi connectivity index (χ2n) is 2.41. The molecule has 76 valence electrons. The van der Waals surface area contributed by atoms with Crippen LogP contribution in [0, 0.1) is 0 Å². The minimum atomic E-state index is -0.262. The lowest BCUT2D eigenvalue weighted by Crippen LogP contribution is -2.01. The Labute approximate surface area is 80.1 Å². The summed E-state index contributed by atoms with van der Waals surface area (Å²) in [7, 11) is 0. The molecule has 0 saturated carbocycles. The molecule has 0 radical (unpaired) electrons. The molecule has 0 rings (SSSR count). The normalized spacial score (nSPS) is 10.3. The van der Waals surface area contributed by atoms with Gasteiger partial charge in [-0.25, -0.2) is 4.79 Å². The van der Waals surface area contributed by atoms with E-state index in [2.05, 4.69) is 6.92 Å². The highest BCUT2D eigenvalue weighted by Gasteiger charge is 1.93. The zero-order valence-corrected chi connectivity index (χ0v) is 8.45. The fourth-order valence-electron chi connectivity index (χ4n) is 0.610. The van der Waals surface area contributed by atoms with Gasteiger partial charge < -0.3 is 10.9 Å². The lowest BCUT2D eigenvalue weighted by molar-refractivity contribution is -0.137. The number of hydrogen-bond acceptors (Lipinski definition) is 3. The molecule has 0 atom stereocenters. The van der Waals surface area contributed by atoms with E-state index < -0.39 is 0 Å². The number of esters is 1. The van der Waals surface area contributed by atoms with Crippen LogP contribution in [0.25, 0.3) is 0 Å². The molecule has 0 aliphatic carbocycles. The molecule has 0 aliphatic rings. The predicted molar refractivity (Wildman–Crippen MR) is 54.8 cm³/mol. The van der Waals surface area contributed by atoms with Crippen LogP contribution in [0.2, 0.25) is 0 Å². The molecule has 0 aromatic carbocycles. The fourth-order valence-corrected chi connectivity index (χ4v) is 0.610. The van der Waals surface area contributed by atoms with Crippen LogP contribution in [0.4, 0.5) is 0 Å². The number of unbranched alkanes of at least 4 members (excludes halogenated alkanes) is 1. The van der Waals surface area contributed by atoms with Crippen molar-refractivity contribution < 1.29 is 9.53 Å². The highest BCUT2D eigenvalue weighted by Crippen LogP contribution is 1.89.